The molecule has 4 N–H and O–H groups in total. The van der Waals surface area contributed by atoms with Crippen molar-refractivity contribution in [1.29, 1.82) is 0 Å². The number of benzene rings is 1. The number of hydrogen-bond donors (Lipinski definition) is 4. The SMILES string of the molecule is C=CC(=O)N[C@@H]1CCCN(Cc2ccnc(C(=O)Nc3ccc(-c4cc5c(N6CCC(C)(O)CC6)ncnc5[nH]4)cc3)c2)C1. The van der Waals surface area contributed by atoms with Crippen molar-refractivity contribution in [3.05, 3.63) is 78.9 Å². The summed E-state index contributed by atoms with van der Waals surface area (Å²) < 4.78 is 0. The predicted molar refractivity (Wildman–Crippen MR) is 170 cm³/mol. The number of nitrogens with one attached hydrogen (secondary N) is 3. The van der Waals surface area contributed by atoms with Crippen LogP contribution in [0.25, 0.3) is 22.3 Å². The number of carbonyl (C=O) groups is 2. The van der Waals surface area contributed by atoms with Gasteiger partial charge in [-0.15, -0.1) is 0 Å². The Balaban J connectivity index is 1.09. The van der Waals surface area contributed by atoms with Crippen LogP contribution >= 0.6 is 0 Å². The fourth-order valence-corrected chi connectivity index (χ4v) is 5.99. The maximum atomic E-state index is 13.1. The van der Waals surface area contributed by atoms with Crippen molar-refractivity contribution in [2.75, 3.05) is 36.4 Å². The molecule has 0 spiro atoms. The Morgan fingerprint density at radius 3 is 2.68 bits per heavy atom. The monoisotopic (exact) mass is 594 g/mol. The number of piperidine rings is 2. The second kappa shape index (κ2) is 12.6. The molecule has 2 aliphatic heterocycles. The Kier molecular flexibility index (Phi) is 8.40. The maximum Gasteiger partial charge on any atom is 0.274 e. The summed E-state index contributed by atoms with van der Waals surface area (Å²) in [7, 11) is 0. The molecular weight excluding hydrogens is 556 g/mol. The number of amides is 2. The summed E-state index contributed by atoms with van der Waals surface area (Å²) >= 11 is 0. The van der Waals surface area contributed by atoms with Gasteiger partial charge in [0.25, 0.3) is 5.91 Å². The fraction of sp³-hybridized carbons (Fsp3) is 0.364. The van der Waals surface area contributed by atoms with Crippen LogP contribution in [0, 0.1) is 0 Å². The maximum absolute atomic E-state index is 13.1. The largest absolute Gasteiger partial charge is 0.390 e. The van der Waals surface area contributed by atoms with E-state index in [4.69, 9.17) is 0 Å². The number of fused-ring (bicyclic) bond motifs is 1. The van der Waals surface area contributed by atoms with Gasteiger partial charge >= 0.3 is 0 Å². The first-order valence-corrected chi connectivity index (χ1v) is 15.1. The van der Waals surface area contributed by atoms with Crippen LogP contribution in [-0.4, -0.2) is 79.6 Å². The third-order valence-corrected chi connectivity index (χ3v) is 8.50. The minimum absolute atomic E-state index is 0.0922. The second-order valence-corrected chi connectivity index (χ2v) is 12.0. The van der Waals surface area contributed by atoms with E-state index in [9.17, 15) is 14.7 Å². The second-order valence-electron chi connectivity index (χ2n) is 12.0. The molecule has 0 unspecified atom stereocenters. The predicted octanol–water partition coefficient (Wildman–Crippen LogP) is 3.89. The molecule has 0 aliphatic carbocycles. The molecule has 3 aromatic heterocycles. The van der Waals surface area contributed by atoms with E-state index in [1.807, 2.05) is 43.3 Å². The van der Waals surface area contributed by atoms with Gasteiger partial charge in [0.15, 0.2) is 0 Å². The topological polar surface area (TPSA) is 139 Å². The molecule has 5 heterocycles. The van der Waals surface area contributed by atoms with Crippen LogP contribution in [0.5, 0.6) is 0 Å². The third-order valence-electron chi connectivity index (χ3n) is 8.50. The third kappa shape index (κ3) is 6.79. The average Bonchev–Trinajstić information content (AvgIpc) is 3.47. The summed E-state index contributed by atoms with van der Waals surface area (Å²) in [5.41, 5.74) is 3.99. The summed E-state index contributed by atoms with van der Waals surface area (Å²) in [4.78, 5) is 46.0. The minimum atomic E-state index is -0.633. The van der Waals surface area contributed by atoms with Crippen molar-refractivity contribution in [3.8, 4) is 11.3 Å². The minimum Gasteiger partial charge on any atom is -0.390 e. The number of aromatic nitrogens is 4. The normalized spacial score (nSPS) is 18.6. The fourth-order valence-electron chi connectivity index (χ4n) is 5.99. The zero-order valence-electron chi connectivity index (χ0n) is 24.9. The molecule has 0 bridgehead atoms. The zero-order valence-corrected chi connectivity index (χ0v) is 24.9. The van der Waals surface area contributed by atoms with Gasteiger partial charge < -0.3 is 25.6 Å². The molecule has 11 nitrogen and oxygen atoms in total. The van der Waals surface area contributed by atoms with Gasteiger partial charge in [0.1, 0.15) is 23.5 Å². The number of aliphatic hydroxyl groups is 1. The van der Waals surface area contributed by atoms with Gasteiger partial charge in [0, 0.05) is 49.8 Å². The molecule has 0 saturated carbocycles. The first-order valence-electron chi connectivity index (χ1n) is 15.1. The van der Waals surface area contributed by atoms with Gasteiger partial charge in [-0.25, -0.2) is 9.97 Å². The molecule has 0 radical (unpaired) electrons. The van der Waals surface area contributed by atoms with Crippen LogP contribution in [0.3, 0.4) is 0 Å². The Bertz CT molecular complexity index is 1660. The molecule has 4 aromatic rings. The van der Waals surface area contributed by atoms with Gasteiger partial charge in [-0.05, 0) is 86.7 Å². The van der Waals surface area contributed by atoms with Gasteiger partial charge in [0.05, 0.1) is 11.0 Å². The van der Waals surface area contributed by atoms with E-state index in [2.05, 4.69) is 53.0 Å². The number of nitrogens with zero attached hydrogens (tertiary/aromatic N) is 5. The lowest BCUT2D eigenvalue weighted by Crippen LogP contribution is -2.46. The highest BCUT2D eigenvalue weighted by Crippen LogP contribution is 2.32. The highest BCUT2D eigenvalue weighted by molar-refractivity contribution is 6.03. The van der Waals surface area contributed by atoms with Crippen molar-refractivity contribution in [3.63, 3.8) is 0 Å². The Morgan fingerprint density at radius 2 is 1.91 bits per heavy atom. The van der Waals surface area contributed by atoms with Crippen molar-refractivity contribution in [2.24, 2.45) is 0 Å². The Morgan fingerprint density at radius 1 is 1.11 bits per heavy atom. The molecule has 1 aromatic carbocycles. The van der Waals surface area contributed by atoms with Crippen LogP contribution in [-0.2, 0) is 11.3 Å². The van der Waals surface area contributed by atoms with Crippen LogP contribution in [0.1, 0.15) is 48.7 Å². The molecular formula is C33H38N8O3. The quantitative estimate of drug-likeness (QED) is 0.225. The van der Waals surface area contributed by atoms with Crippen molar-refractivity contribution >= 4 is 34.4 Å². The van der Waals surface area contributed by atoms with E-state index in [-0.39, 0.29) is 17.9 Å². The number of hydrogen-bond acceptors (Lipinski definition) is 8. The van der Waals surface area contributed by atoms with Crippen LogP contribution in [0.2, 0.25) is 0 Å². The zero-order chi connectivity index (χ0) is 30.7. The lowest BCUT2D eigenvalue weighted by atomic mass is 9.94. The highest BCUT2D eigenvalue weighted by Gasteiger charge is 2.29. The molecule has 1 atom stereocenters. The van der Waals surface area contributed by atoms with Gasteiger partial charge in [-0.3, -0.25) is 19.5 Å². The summed E-state index contributed by atoms with van der Waals surface area (Å²) in [6.07, 6.45) is 7.85. The smallest absolute Gasteiger partial charge is 0.274 e. The Labute approximate surface area is 256 Å². The molecule has 228 valence electrons. The van der Waals surface area contributed by atoms with Gasteiger partial charge in [-0.1, -0.05) is 18.7 Å². The van der Waals surface area contributed by atoms with Gasteiger partial charge in [-0.2, -0.15) is 0 Å². The molecule has 2 fully saturated rings. The van der Waals surface area contributed by atoms with E-state index in [1.54, 1.807) is 12.5 Å². The molecule has 2 amide bonds. The first kappa shape index (κ1) is 29.5. The van der Waals surface area contributed by atoms with Crippen molar-refractivity contribution in [2.45, 2.75) is 50.8 Å². The summed E-state index contributed by atoms with van der Waals surface area (Å²) in [5, 5.41) is 17.2. The Hall–Kier alpha value is -4.61. The number of rotatable bonds is 8. The average molecular weight is 595 g/mol. The van der Waals surface area contributed by atoms with E-state index in [0.29, 0.717) is 30.8 Å². The summed E-state index contributed by atoms with van der Waals surface area (Å²) in [6, 6.07) is 13.5. The number of aromatic amines is 1. The number of carbonyl (C=O) groups excluding carboxylic acids is 2. The van der Waals surface area contributed by atoms with E-state index < -0.39 is 5.60 Å². The summed E-state index contributed by atoms with van der Waals surface area (Å²) in [5.74, 6) is 0.439. The number of H-pyrrole nitrogens is 1. The standard InChI is InChI=1S/C33H38N8O3/c1-3-29(42)37-25-5-4-14-40(20-25)19-22-10-13-34-28(17-22)32(43)38-24-8-6-23(7-9-24)27-18-26-30(39-27)35-21-36-31(26)41-15-11-33(2,44)12-16-41/h3,6-10,13,17-18,21,25,44H,1,4-5,11-12,14-16,19-20H2,2H3,(H,37,42)(H,38,43)(H,35,36,39)/t25-/m1/s1. The van der Waals surface area contributed by atoms with Crippen molar-refractivity contribution in [1.82, 2.24) is 30.2 Å². The first-order chi connectivity index (χ1) is 21.3. The van der Waals surface area contributed by atoms with E-state index >= 15 is 0 Å². The van der Waals surface area contributed by atoms with Crippen molar-refractivity contribution < 1.29 is 14.7 Å². The van der Waals surface area contributed by atoms with Crippen LogP contribution < -0.4 is 15.5 Å². The van der Waals surface area contributed by atoms with E-state index in [0.717, 1.165) is 72.7 Å². The number of likely N-dealkylation sites (tertiary alicyclic amines) is 1. The lowest BCUT2D eigenvalue weighted by molar-refractivity contribution is -0.117. The molecule has 11 heteroatoms. The number of pyridine rings is 1. The lowest BCUT2D eigenvalue weighted by Gasteiger charge is -2.36. The van der Waals surface area contributed by atoms with E-state index in [1.165, 1.54) is 6.08 Å². The van der Waals surface area contributed by atoms with Crippen LogP contribution in [0.15, 0.2) is 67.6 Å². The van der Waals surface area contributed by atoms with Crippen LogP contribution in [0.4, 0.5) is 11.5 Å². The number of anilines is 2. The van der Waals surface area contributed by atoms with Gasteiger partial charge in [0.2, 0.25) is 5.91 Å². The molecule has 6 rings (SSSR count). The summed E-state index contributed by atoms with van der Waals surface area (Å²) in [6.45, 7) is 9.25. The molecule has 44 heavy (non-hydrogen) atoms. The molecule has 2 aliphatic rings. The highest BCUT2D eigenvalue weighted by atomic mass is 16.3. The molecule has 2 saturated heterocycles.